The minimum atomic E-state index is -0.530. The number of para-hydroxylation sites is 1. The van der Waals surface area contributed by atoms with Crippen molar-refractivity contribution in [1.29, 1.82) is 0 Å². The second kappa shape index (κ2) is 7.07. The second-order valence-electron chi connectivity index (χ2n) is 7.63. The average Bonchev–Trinajstić information content (AvgIpc) is 2.89. The van der Waals surface area contributed by atoms with Crippen molar-refractivity contribution in [1.82, 2.24) is 9.80 Å². The van der Waals surface area contributed by atoms with Gasteiger partial charge in [-0.15, -0.1) is 0 Å². The van der Waals surface area contributed by atoms with Crippen molar-refractivity contribution in [3.8, 4) is 0 Å². The quantitative estimate of drug-likeness (QED) is 0.754. The Kier molecular flexibility index (Phi) is 5.00. The van der Waals surface area contributed by atoms with Gasteiger partial charge in [-0.25, -0.2) is 9.69 Å². The molecule has 26 heavy (non-hydrogen) atoms. The fourth-order valence-electron chi connectivity index (χ4n) is 3.29. The van der Waals surface area contributed by atoms with Crippen LogP contribution in [0.3, 0.4) is 0 Å². The monoisotopic (exact) mass is 359 g/mol. The summed E-state index contributed by atoms with van der Waals surface area (Å²) in [6, 6.07) is 8.54. The van der Waals surface area contributed by atoms with Crippen LogP contribution in [0.1, 0.15) is 27.2 Å². The summed E-state index contributed by atoms with van der Waals surface area (Å²) in [6.45, 7) is 7.57. The molecule has 2 heterocycles. The van der Waals surface area contributed by atoms with E-state index in [1.807, 2.05) is 43.9 Å². The predicted octanol–water partition coefficient (Wildman–Crippen LogP) is 1.87. The number of carbonyl (C=O) groups excluding carboxylic acids is 3. The van der Waals surface area contributed by atoms with Crippen LogP contribution in [0.4, 0.5) is 10.5 Å². The van der Waals surface area contributed by atoms with Crippen LogP contribution in [0.25, 0.3) is 0 Å². The minimum Gasteiger partial charge on any atom is -0.444 e. The first kappa shape index (κ1) is 18.4. The van der Waals surface area contributed by atoms with E-state index in [1.165, 1.54) is 4.90 Å². The van der Waals surface area contributed by atoms with Gasteiger partial charge in [0.2, 0.25) is 5.91 Å². The molecule has 0 aliphatic carbocycles. The first-order valence-electron chi connectivity index (χ1n) is 8.90. The van der Waals surface area contributed by atoms with E-state index in [9.17, 15) is 14.4 Å². The highest BCUT2D eigenvalue weighted by molar-refractivity contribution is 6.22. The smallest absolute Gasteiger partial charge is 0.410 e. The number of benzene rings is 1. The minimum absolute atomic E-state index is 0.180. The maximum atomic E-state index is 12.8. The molecule has 140 valence electrons. The number of rotatable bonds is 2. The highest BCUT2D eigenvalue weighted by Gasteiger charge is 2.43. The number of carbonyl (C=O) groups is 3. The van der Waals surface area contributed by atoms with Gasteiger partial charge in [0.15, 0.2) is 0 Å². The zero-order valence-corrected chi connectivity index (χ0v) is 15.5. The molecule has 3 rings (SSSR count). The van der Waals surface area contributed by atoms with Crippen LogP contribution < -0.4 is 4.90 Å². The van der Waals surface area contributed by atoms with E-state index in [0.717, 1.165) is 0 Å². The molecule has 0 bridgehead atoms. The van der Waals surface area contributed by atoms with E-state index in [1.54, 1.807) is 17.0 Å². The molecular formula is C19H25N3O4. The zero-order chi connectivity index (χ0) is 18.9. The topological polar surface area (TPSA) is 70.2 Å². The van der Waals surface area contributed by atoms with Crippen LogP contribution in [0.15, 0.2) is 30.3 Å². The molecule has 2 saturated heterocycles. The fourth-order valence-corrected chi connectivity index (χ4v) is 3.29. The first-order chi connectivity index (χ1) is 12.3. The van der Waals surface area contributed by atoms with Gasteiger partial charge in [0.05, 0.1) is 18.2 Å². The molecule has 0 radical (unpaired) electrons. The van der Waals surface area contributed by atoms with Crippen LogP contribution in [0, 0.1) is 0 Å². The molecule has 1 atom stereocenters. The van der Waals surface area contributed by atoms with Crippen LogP contribution in [-0.2, 0) is 14.3 Å². The normalized spacial score (nSPS) is 22.0. The summed E-state index contributed by atoms with van der Waals surface area (Å²) in [5.41, 5.74) is 0.0792. The number of anilines is 1. The van der Waals surface area contributed by atoms with Crippen molar-refractivity contribution in [2.45, 2.75) is 38.8 Å². The number of piperazine rings is 1. The number of hydrogen-bond donors (Lipinski definition) is 0. The van der Waals surface area contributed by atoms with Gasteiger partial charge in [-0.3, -0.25) is 14.5 Å². The Morgan fingerprint density at radius 2 is 1.65 bits per heavy atom. The molecule has 0 aromatic heterocycles. The van der Waals surface area contributed by atoms with E-state index in [0.29, 0.717) is 31.9 Å². The molecule has 2 aliphatic rings. The van der Waals surface area contributed by atoms with Gasteiger partial charge < -0.3 is 9.64 Å². The van der Waals surface area contributed by atoms with E-state index in [2.05, 4.69) is 0 Å². The lowest BCUT2D eigenvalue weighted by atomic mass is 10.1. The third-order valence-corrected chi connectivity index (χ3v) is 4.54. The maximum absolute atomic E-state index is 12.8. The number of nitrogens with zero attached hydrogens (tertiary/aromatic N) is 3. The van der Waals surface area contributed by atoms with Crippen molar-refractivity contribution < 1.29 is 19.1 Å². The Bertz CT molecular complexity index is 690. The van der Waals surface area contributed by atoms with E-state index < -0.39 is 11.6 Å². The summed E-state index contributed by atoms with van der Waals surface area (Å²) in [6.07, 6.45) is -0.155. The largest absolute Gasteiger partial charge is 0.444 e. The Balaban J connectivity index is 1.61. The fraction of sp³-hybridized carbons (Fsp3) is 0.526. The molecule has 2 aliphatic heterocycles. The molecule has 0 spiro atoms. The number of hydrogen-bond acceptors (Lipinski definition) is 5. The summed E-state index contributed by atoms with van der Waals surface area (Å²) in [5.74, 6) is -0.368. The zero-order valence-electron chi connectivity index (χ0n) is 15.5. The first-order valence-corrected chi connectivity index (χ1v) is 8.90. The Labute approximate surface area is 153 Å². The van der Waals surface area contributed by atoms with E-state index in [-0.39, 0.29) is 24.3 Å². The summed E-state index contributed by atoms with van der Waals surface area (Å²) in [4.78, 5) is 42.2. The van der Waals surface area contributed by atoms with Crippen molar-refractivity contribution in [3.63, 3.8) is 0 Å². The van der Waals surface area contributed by atoms with Gasteiger partial charge in [-0.05, 0) is 32.9 Å². The van der Waals surface area contributed by atoms with Gasteiger partial charge in [-0.2, -0.15) is 0 Å². The average molecular weight is 359 g/mol. The molecule has 0 saturated carbocycles. The molecule has 1 aromatic rings. The number of amides is 3. The van der Waals surface area contributed by atoms with E-state index in [4.69, 9.17) is 4.74 Å². The van der Waals surface area contributed by atoms with Crippen LogP contribution in [-0.4, -0.2) is 65.5 Å². The van der Waals surface area contributed by atoms with Gasteiger partial charge in [0.25, 0.3) is 5.91 Å². The van der Waals surface area contributed by atoms with Crippen molar-refractivity contribution in [2.24, 2.45) is 0 Å². The number of imide groups is 1. The standard InChI is InChI=1S/C19H25N3O4/c1-19(2,3)26-18(25)21-11-9-20(10-12-21)15-13-16(23)22(17(15)24)14-7-5-4-6-8-14/h4-8,15H,9-13H2,1-3H3/t15-/m0/s1. The van der Waals surface area contributed by atoms with Gasteiger partial charge >= 0.3 is 6.09 Å². The van der Waals surface area contributed by atoms with Crippen molar-refractivity contribution >= 4 is 23.6 Å². The lowest BCUT2D eigenvalue weighted by molar-refractivity contribution is -0.123. The van der Waals surface area contributed by atoms with Crippen molar-refractivity contribution in [3.05, 3.63) is 30.3 Å². The van der Waals surface area contributed by atoms with Crippen LogP contribution >= 0.6 is 0 Å². The Morgan fingerprint density at radius 1 is 1.04 bits per heavy atom. The summed E-state index contributed by atoms with van der Waals surface area (Å²) < 4.78 is 5.39. The molecule has 2 fully saturated rings. The lowest BCUT2D eigenvalue weighted by Gasteiger charge is -2.37. The number of ether oxygens (including phenoxy) is 1. The maximum Gasteiger partial charge on any atom is 0.410 e. The van der Waals surface area contributed by atoms with Gasteiger partial charge in [-0.1, -0.05) is 18.2 Å². The Hall–Kier alpha value is -2.41. The summed E-state index contributed by atoms with van der Waals surface area (Å²) >= 11 is 0. The van der Waals surface area contributed by atoms with Gasteiger partial charge in [0, 0.05) is 26.2 Å². The molecule has 7 nitrogen and oxygen atoms in total. The van der Waals surface area contributed by atoms with Crippen LogP contribution in [0.2, 0.25) is 0 Å². The highest BCUT2D eigenvalue weighted by atomic mass is 16.6. The van der Waals surface area contributed by atoms with Gasteiger partial charge in [0.1, 0.15) is 5.60 Å². The predicted molar refractivity (Wildman–Crippen MR) is 96.7 cm³/mol. The molecule has 3 amide bonds. The summed E-state index contributed by atoms with van der Waals surface area (Å²) in [7, 11) is 0. The molecule has 7 heteroatoms. The lowest BCUT2D eigenvalue weighted by Crippen LogP contribution is -2.54. The molecule has 0 unspecified atom stereocenters. The summed E-state index contributed by atoms with van der Waals surface area (Å²) in [5, 5.41) is 0. The van der Waals surface area contributed by atoms with E-state index >= 15 is 0 Å². The SMILES string of the molecule is CC(C)(C)OC(=O)N1CCN([C@H]2CC(=O)N(c3ccccc3)C2=O)CC1. The molecule has 1 aromatic carbocycles. The van der Waals surface area contributed by atoms with Crippen molar-refractivity contribution in [2.75, 3.05) is 31.1 Å². The highest BCUT2D eigenvalue weighted by Crippen LogP contribution is 2.26. The third kappa shape index (κ3) is 3.88. The Morgan fingerprint density at radius 3 is 2.23 bits per heavy atom. The third-order valence-electron chi connectivity index (χ3n) is 4.54. The molecular weight excluding hydrogens is 334 g/mol. The second-order valence-corrected chi connectivity index (χ2v) is 7.63. The van der Waals surface area contributed by atoms with Crippen LogP contribution in [0.5, 0.6) is 0 Å². The molecule has 0 N–H and O–H groups in total.